The lowest BCUT2D eigenvalue weighted by molar-refractivity contribution is 0.219. The largest absolute Gasteiger partial charge is 0.495 e. The second kappa shape index (κ2) is 5.69. The standard InChI is InChI=1S/C13H11BrClNO2/c1-18-12-4-9(6-16-7-12)13(17)8-2-10(14)5-11(15)3-8/h2-7,13,17H,1H3. The summed E-state index contributed by atoms with van der Waals surface area (Å²) in [5.41, 5.74) is 1.35. The summed E-state index contributed by atoms with van der Waals surface area (Å²) >= 11 is 9.30. The number of nitrogens with zero attached hydrogens (tertiary/aromatic N) is 1. The number of rotatable bonds is 3. The Hall–Kier alpha value is -1.10. The SMILES string of the molecule is COc1cncc(C(O)c2cc(Cl)cc(Br)c2)c1. The Kier molecular flexibility index (Phi) is 4.22. The van der Waals surface area contributed by atoms with Gasteiger partial charge in [-0.1, -0.05) is 27.5 Å². The number of hydrogen-bond acceptors (Lipinski definition) is 3. The molecule has 0 amide bonds. The minimum atomic E-state index is -0.789. The predicted octanol–water partition coefficient (Wildman–Crippen LogP) is 3.59. The van der Waals surface area contributed by atoms with Crippen LogP contribution in [-0.4, -0.2) is 17.2 Å². The molecule has 18 heavy (non-hydrogen) atoms. The highest BCUT2D eigenvalue weighted by atomic mass is 79.9. The number of aliphatic hydroxyl groups is 1. The first-order valence-corrected chi connectivity index (χ1v) is 6.40. The molecule has 1 heterocycles. The van der Waals surface area contributed by atoms with E-state index in [-0.39, 0.29) is 0 Å². The Bertz CT molecular complexity index is 542. The summed E-state index contributed by atoms with van der Waals surface area (Å²) in [5.74, 6) is 0.604. The van der Waals surface area contributed by atoms with Gasteiger partial charge in [-0.05, 0) is 29.8 Å². The van der Waals surface area contributed by atoms with Gasteiger partial charge < -0.3 is 9.84 Å². The van der Waals surface area contributed by atoms with E-state index < -0.39 is 6.10 Å². The van der Waals surface area contributed by atoms with Gasteiger partial charge in [0, 0.05) is 21.3 Å². The van der Waals surface area contributed by atoms with Crippen molar-refractivity contribution in [2.24, 2.45) is 0 Å². The van der Waals surface area contributed by atoms with E-state index >= 15 is 0 Å². The van der Waals surface area contributed by atoms with Crippen LogP contribution in [-0.2, 0) is 0 Å². The molecule has 1 aromatic carbocycles. The first-order valence-electron chi connectivity index (χ1n) is 5.23. The zero-order chi connectivity index (χ0) is 13.1. The molecular formula is C13H11BrClNO2. The van der Waals surface area contributed by atoms with Crippen molar-refractivity contribution in [3.63, 3.8) is 0 Å². The molecule has 0 bridgehead atoms. The summed E-state index contributed by atoms with van der Waals surface area (Å²) in [6, 6.07) is 7.04. The zero-order valence-corrected chi connectivity index (χ0v) is 11.9. The van der Waals surface area contributed by atoms with E-state index in [1.165, 1.54) is 0 Å². The van der Waals surface area contributed by atoms with Gasteiger partial charge in [0.05, 0.1) is 13.3 Å². The number of hydrogen-bond donors (Lipinski definition) is 1. The zero-order valence-electron chi connectivity index (χ0n) is 9.60. The molecule has 1 atom stereocenters. The molecule has 3 nitrogen and oxygen atoms in total. The minimum absolute atomic E-state index is 0.564. The third-order valence-electron chi connectivity index (χ3n) is 2.49. The monoisotopic (exact) mass is 327 g/mol. The van der Waals surface area contributed by atoms with Crippen LogP contribution in [0.3, 0.4) is 0 Å². The van der Waals surface area contributed by atoms with E-state index in [1.807, 2.05) is 6.07 Å². The van der Waals surface area contributed by atoms with Crippen LogP contribution in [0.15, 0.2) is 41.1 Å². The smallest absolute Gasteiger partial charge is 0.137 e. The molecule has 0 aliphatic carbocycles. The fourth-order valence-electron chi connectivity index (χ4n) is 1.62. The maximum atomic E-state index is 10.3. The third-order valence-corrected chi connectivity index (χ3v) is 3.16. The van der Waals surface area contributed by atoms with Gasteiger partial charge in [0.25, 0.3) is 0 Å². The summed E-state index contributed by atoms with van der Waals surface area (Å²) in [5, 5.41) is 10.8. The van der Waals surface area contributed by atoms with E-state index in [4.69, 9.17) is 16.3 Å². The number of ether oxygens (including phenoxy) is 1. The Morgan fingerprint density at radius 3 is 2.67 bits per heavy atom. The van der Waals surface area contributed by atoms with Gasteiger partial charge in [-0.3, -0.25) is 4.98 Å². The van der Waals surface area contributed by atoms with Crippen LogP contribution in [0.4, 0.5) is 0 Å². The summed E-state index contributed by atoms with van der Waals surface area (Å²) in [6.45, 7) is 0. The molecular weight excluding hydrogens is 318 g/mol. The van der Waals surface area contributed by atoms with Crippen LogP contribution in [0.25, 0.3) is 0 Å². The van der Waals surface area contributed by atoms with Crippen LogP contribution in [0.1, 0.15) is 17.2 Å². The van der Waals surface area contributed by atoms with E-state index in [1.54, 1.807) is 37.7 Å². The lowest BCUT2D eigenvalue weighted by Crippen LogP contribution is -2.01. The van der Waals surface area contributed by atoms with Gasteiger partial charge in [-0.25, -0.2) is 0 Å². The Morgan fingerprint density at radius 2 is 2.00 bits per heavy atom. The van der Waals surface area contributed by atoms with Crippen molar-refractivity contribution in [3.05, 3.63) is 57.3 Å². The number of methoxy groups -OCH3 is 1. The lowest BCUT2D eigenvalue weighted by Gasteiger charge is -2.12. The molecule has 0 aliphatic heterocycles. The number of aliphatic hydroxyl groups excluding tert-OH is 1. The van der Waals surface area contributed by atoms with Crippen molar-refractivity contribution in [1.82, 2.24) is 4.98 Å². The maximum Gasteiger partial charge on any atom is 0.137 e. The van der Waals surface area contributed by atoms with Crippen LogP contribution in [0, 0.1) is 0 Å². The number of halogens is 2. The van der Waals surface area contributed by atoms with Gasteiger partial charge in [0.1, 0.15) is 11.9 Å². The topological polar surface area (TPSA) is 42.4 Å². The first kappa shape index (κ1) is 13.3. The quantitative estimate of drug-likeness (QED) is 0.936. The molecule has 0 spiro atoms. The lowest BCUT2D eigenvalue weighted by atomic mass is 10.0. The summed E-state index contributed by atoms with van der Waals surface area (Å²) in [7, 11) is 1.56. The highest BCUT2D eigenvalue weighted by Crippen LogP contribution is 2.28. The van der Waals surface area contributed by atoms with Gasteiger partial charge in [0.2, 0.25) is 0 Å². The molecule has 1 unspecified atom stereocenters. The number of pyridine rings is 1. The van der Waals surface area contributed by atoms with Gasteiger partial charge >= 0.3 is 0 Å². The summed E-state index contributed by atoms with van der Waals surface area (Å²) < 4.78 is 5.90. The molecule has 0 aliphatic rings. The summed E-state index contributed by atoms with van der Waals surface area (Å²) in [4.78, 5) is 4.02. The second-order valence-electron chi connectivity index (χ2n) is 3.76. The molecule has 2 aromatic rings. The van der Waals surface area contributed by atoms with E-state index in [2.05, 4.69) is 20.9 Å². The maximum absolute atomic E-state index is 10.3. The van der Waals surface area contributed by atoms with Crippen molar-refractivity contribution in [1.29, 1.82) is 0 Å². The van der Waals surface area contributed by atoms with Crippen LogP contribution in [0.2, 0.25) is 5.02 Å². The van der Waals surface area contributed by atoms with Crippen LogP contribution in [0.5, 0.6) is 5.75 Å². The molecule has 1 N–H and O–H groups in total. The van der Waals surface area contributed by atoms with Crippen molar-refractivity contribution in [2.45, 2.75) is 6.10 Å². The van der Waals surface area contributed by atoms with Crippen molar-refractivity contribution >= 4 is 27.5 Å². The fraction of sp³-hybridized carbons (Fsp3) is 0.154. The van der Waals surface area contributed by atoms with Gasteiger partial charge in [0.15, 0.2) is 0 Å². The second-order valence-corrected chi connectivity index (χ2v) is 5.12. The average molecular weight is 329 g/mol. The number of aromatic nitrogens is 1. The molecule has 0 saturated carbocycles. The van der Waals surface area contributed by atoms with E-state index in [9.17, 15) is 5.11 Å². The molecule has 0 saturated heterocycles. The Morgan fingerprint density at radius 1 is 1.22 bits per heavy atom. The molecule has 0 fully saturated rings. The molecule has 94 valence electrons. The average Bonchev–Trinajstić information content (AvgIpc) is 2.37. The molecule has 0 radical (unpaired) electrons. The van der Waals surface area contributed by atoms with Crippen molar-refractivity contribution in [2.75, 3.05) is 7.11 Å². The summed E-state index contributed by atoms with van der Waals surface area (Å²) in [6.07, 6.45) is 2.40. The minimum Gasteiger partial charge on any atom is -0.495 e. The molecule has 2 rings (SSSR count). The number of benzene rings is 1. The van der Waals surface area contributed by atoms with Crippen LogP contribution >= 0.6 is 27.5 Å². The first-order chi connectivity index (χ1) is 8.60. The third kappa shape index (κ3) is 3.02. The van der Waals surface area contributed by atoms with Crippen LogP contribution < -0.4 is 4.74 Å². The van der Waals surface area contributed by atoms with E-state index in [0.29, 0.717) is 21.9 Å². The van der Waals surface area contributed by atoms with Gasteiger partial charge in [-0.2, -0.15) is 0 Å². The normalized spacial score (nSPS) is 12.2. The Balaban J connectivity index is 2.37. The van der Waals surface area contributed by atoms with Crippen molar-refractivity contribution < 1.29 is 9.84 Å². The molecule has 1 aromatic heterocycles. The van der Waals surface area contributed by atoms with E-state index in [0.717, 1.165) is 4.47 Å². The Labute approximate surface area is 119 Å². The highest BCUT2D eigenvalue weighted by molar-refractivity contribution is 9.10. The predicted molar refractivity (Wildman–Crippen MR) is 74.0 cm³/mol. The molecule has 5 heteroatoms. The van der Waals surface area contributed by atoms with Gasteiger partial charge in [-0.15, -0.1) is 0 Å². The van der Waals surface area contributed by atoms with Crippen molar-refractivity contribution in [3.8, 4) is 5.75 Å². The fourth-order valence-corrected chi connectivity index (χ4v) is 2.51. The highest BCUT2D eigenvalue weighted by Gasteiger charge is 2.13.